The van der Waals surface area contributed by atoms with Gasteiger partial charge in [-0.25, -0.2) is 0 Å². The fourth-order valence-corrected chi connectivity index (χ4v) is 0.342. The van der Waals surface area contributed by atoms with Gasteiger partial charge in [0, 0.05) is 0 Å². The summed E-state index contributed by atoms with van der Waals surface area (Å²) in [6.07, 6.45) is 0. The molecule has 36 valence electrons. The van der Waals surface area contributed by atoms with Gasteiger partial charge in [-0.3, -0.25) is 5.48 Å². The minimum atomic E-state index is 0. The summed E-state index contributed by atoms with van der Waals surface area (Å²) in [7, 11) is 0. The van der Waals surface area contributed by atoms with Crippen molar-refractivity contribution in [1.82, 2.24) is 0 Å². The minimum Gasteiger partial charge on any atom is -0.255 e. The summed E-state index contributed by atoms with van der Waals surface area (Å²) >= 11 is 0. The summed E-state index contributed by atoms with van der Waals surface area (Å²) in [5.41, 5.74) is 0. The SMILES string of the molecule is [OH].[c]1ccccc1. The monoisotopic (exact) mass is 94.0 g/mol. The molecule has 0 amide bonds. The molecular formula is C6H6O. The van der Waals surface area contributed by atoms with Gasteiger partial charge in [0.15, 0.2) is 0 Å². The summed E-state index contributed by atoms with van der Waals surface area (Å²) in [6.45, 7) is 0. The van der Waals surface area contributed by atoms with E-state index in [2.05, 4.69) is 6.07 Å². The molecule has 0 aliphatic carbocycles. The molecule has 1 rings (SSSR count). The second-order valence-corrected chi connectivity index (χ2v) is 1.08. The van der Waals surface area contributed by atoms with Gasteiger partial charge in [-0.1, -0.05) is 30.3 Å². The quantitative estimate of drug-likeness (QED) is 0.502. The van der Waals surface area contributed by atoms with Crippen LogP contribution in [0.5, 0.6) is 0 Å². The van der Waals surface area contributed by atoms with Crippen LogP contribution in [0.1, 0.15) is 0 Å². The van der Waals surface area contributed by atoms with Crippen molar-refractivity contribution in [2.45, 2.75) is 0 Å². The Morgan fingerprint density at radius 3 is 1.57 bits per heavy atom. The third-order valence-corrected chi connectivity index (χ3v) is 0.607. The predicted molar refractivity (Wildman–Crippen MR) is 27.2 cm³/mol. The van der Waals surface area contributed by atoms with Crippen LogP contribution >= 0.6 is 0 Å². The highest BCUT2D eigenvalue weighted by Gasteiger charge is 1.58. The second kappa shape index (κ2) is 3.37. The van der Waals surface area contributed by atoms with Crippen LogP contribution in [0.2, 0.25) is 0 Å². The van der Waals surface area contributed by atoms with Gasteiger partial charge in [-0.05, 0) is 6.07 Å². The molecule has 0 spiro atoms. The van der Waals surface area contributed by atoms with Crippen molar-refractivity contribution in [1.29, 1.82) is 0 Å². The van der Waals surface area contributed by atoms with Crippen LogP contribution < -0.4 is 0 Å². The Hall–Kier alpha value is -0.820. The van der Waals surface area contributed by atoms with E-state index in [1.807, 2.05) is 30.3 Å². The first-order chi connectivity index (χ1) is 3.00. The summed E-state index contributed by atoms with van der Waals surface area (Å²) in [4.78, 5) is 0. The molecule has 7 heavy (non-hydrogen) atoms. The molecule has 0 unspecified atom stereocenters. The molecule has 0 aromatic heterocycles. The van der Waals surface area contributed by atoms with Crippen LogP contribution in [0.3, 0.4) is 0 Å². The van der Waals surface area contributed by atoms with E-state index in [9.17, 15) is 0 Å². The Labute approximate surface area is 42.9 Å². The third kappa shape index (κ3) is 1.95. The van der Waals surface area contributed by atoms with Crippen LogP contribution in [0.25, 0.3) is 0 Å². The van der Waals surface area contributed by atoms with Gasteiger partial charge < -0.3 is 0 Å². The molecule has 1 aromatic rings. The van der Waals surface area contributed by atoms with Crippen molar-refractivity contribution in [3.8, 4) is 0 Å². The smallest absolute Gasteiger partial charge is 0.0184 e. The van der Waals surface area contributed by atoms with Crippen molar-refractivity contribution >= 4 is 0 Å². The van der Waals surface area contributed by atoms with Gasteiger partial charge in [0.25, 0.3) is 0 Å². The third-order valence-electron chi connectivity index (χ3n) is 0.607. The van der Waals surface area contributed by atoms with E-state index in [0.717, 1.165) is 0 Å². The average molecular weight is 94.1 g/mol. The van der Waals surface area contributed by atoms with Crippen LogP contribution in [0, 0.1) is 6.07 Å². The fourth-order valence-electron chi connectivity index (χ4n) is 0.342. The highest BCUT2D eigenvalue weighted by Crippen LogP contribution is 1.78. The van der Waals surface area contributed by atoms with Crippen molar-refractivity contribution < 1.29 is 5.48 Å². The van der Waals surface area contributed by atoms with Crippen LogP contribution in [-0.4, -0.2) is 5.48 Å². The summed E-state index contributed by atoms with van der Waals surface area (Å²) in [5, 5.41) is 0. The highest BCUT2D eigenvalue weighted by atomic mass is 16.0. The predicted octanol–water partition coefficient (Wildman–Crippen LogP) is 1.31. The van der Waals surface area contributed by atoms with E-state index >= 15 is 0 Å². The largest absolute Gasteiger partial charge is 0.255 e. The molecule has 1 heteroatoms. The van der Waals surface area contributed by atoms with Crippen LogP contribution in [0.15, 0.2) is 30.3 Å². The van der Waals surface area contributed by atoms with E-state index in [4.69, 9.17) is 0 Å². The molecule has 2 radical (unpaired) electrons. The molecule has 0 heterocycles. The normalized spacial score (nSPS) is 6.86. The lowest BCUT2D eigenvalue weighted by molar-refractivity contribution is 0.824. The topological polar surface area (TPSA) is 30.0 Å². The van der Waals surface area contributed by atoms with Crippen molar-refractivity contribution in [2.75, 3.05) is 0 Å². The zero-order chi connectivity index (χ0) is 4.24. The molecule has 1 nitrogen and oxygen atoms in total. The van der Waals surface area contributed by atoms with Gasteiger partial charge in [0.2, 0.25) is 0 Å². The maximum absolute atomic E-state index is 2.89. The first-order valence-corrected chi connectivity index (χ1v) is 1.91. The van der Waals surface area contributed by atoms with Crippen LogP contribution in [0.4, 0.5) is 0 Å². The highest BCUT2D eigenvalue weighted by molar-refractivity contribution is 4.97. The molecule has 1 N–H and O–H groups in total. The number of hydrogen-bond acceptors (Lipinski definition) is 0. The zero-order valence-electron chi connectivity index (χ0n) is 3.83. The van der Waals surface area contributed by atoms with E-state index in [1.54, 1.807) is 0 Å². The average Bonchev–Trinajstić information content (AvgIpc) is 1.72. The zero-order valence-corrected chi connectivity index (χ0v) is 3.83. The Bertz CT molecular complexity index is 76.1. The molecule has 0 saturated carbocycles. The number of hydrogen-bond donors (Lipinski definition) is 1. The van der Waals surface area contributed by atoms with Gasteiger partial charge in [0.05, 0.1) is 0 Å². The van der Waals surface area contributed by atoms with E-state index in [0.29, 0.717) is 0 Å². The Morgan fingerprint density at radius 1 is 0.857 bits per heavy atom. The Kier molecular flexibility index (Phi) is 2.98. The van der Waals surface area contributed by atoms with Gasteiger partial charge in [0.1, 0.15) is 0 Å². The standard InChI is InChI=1S/C6H5.HO/c1-2-4-6-5-3-1;/h1-5H;1H. The molecule has 0 aliphatic heterocycles. The lowest BCUT2D eigenvalue weighted by atomic mass is 10.4. The first kappa shape index (κ1) is 6.18. The maximum atomic E-state index is 2.89. The van der Waals surface area contributed by atoms with Gasteiger partial charge in [-0.2, -0.15) is 0 Å². The van der Waals surface area contributed by atoms with E-state index < -0.39 is 0 Å². The van der Waals surface area contributed by atoms with E-state index in [-0.39, 0.29) is 5.48 Å². The molecule has 0 aliphatic rings. The fraction of sp³-hybridized carbons (Fsp3) is 0. The lowest BCUT2D eigenvalue weighted by Gasteiger charge is -1.68. The Balaban J connectivity index is 0.000000360. The molecular weight excluding hydrogens is 88.1 g/mol. The van der Waals surface area contributed by atoms with E-state index in [1.165, 1.54) is 0 Å². The summed E-state index contributed by atoms with van der Waals surface area (Å²) in [6, 6.07) is 12.5. The maximum Gasteiger partial charge on any atom is -0.0184 e. The first-order valence-electron chi connectivity index (χ1n) is 1.91. The lowest BCUT2D eigenvalue weighted by Crippen LogP contribution is -1.49. The number of rotatable bonds is 0. The number of benzene rings is 1. The van der Waals surface area contributed by atoms with Crippen LogP contribution in [-0.2, 0) is 0 Å². The minimum absolute atomic E-state index is 0. The summed E-state index contributed by atoms with van der Waals surface area (Å²) in [5.74, 6) is 0. The van der Waals surface area contributed by atoms with Crippen molar-refractivity contribution in [3.63, 3.8) is 0 Å². The summed E-state index contributed by atoms with van der Waals surface area (Å²) < 4.78 is 0. The van der Waals surface area contributed by atoms with Crippen molar-refractivity contribution in [3.05, 3.63) is 36.4 Å². The van der Waals surface area contributed by atoms with Gasteiger partial charge >= 0.3 is 0 Å². The molecule has 0 atom stereocenters. The molecule has 0 bridgehead atoms. The Morgan fingerprint density at radius 2 is 1.43 bits per heavy atom. The molecule has 0 saturated heterocycles. The van der Waals surface area contributed by atoms with Gasteiger partial charge in [-0.15, -0.1) is 0 Å². The molecule has 0 fully saturated rings. The molecule has 1 aromatic carbocycles. The van der Waals surface area contributed by atoms with Crippen molar-refractivity contribution in [2.24, 2.45) is 0 Å². The second-order valence-electron chi connectivity index (χ2n) is 1.08.